The number of hydrogen-bond acceptors (Lipinski definition) is 5. The number of benzene rings is 3. The highest BCUT2D eigenvalue weighted by Crippen LogP contribution is 2.38. The van der Waals surface area contributed by atoms with Crippen molar-refractivity contribution in [2.45, 2.75) is 25.2 Å². The van der Waals surface area contributed by atoms with Crippen molar-refractivity contribution in [3.05, 3.63) is 83.4 Å². The van der Waals surface area contributed by atoms with Crippen LogP contribution >= 0.6 is 0 Å². The minimum absolute atomic E-state index is 0.114. The van der Waals surface area contributed by atoms with Crippen LogP contribution in [0, 0.1) is 0 Å². The summed E-state index contributed by atoms with van der Waals surface area (Å²) in [6.45, 7) is 2.47. The molecule has 0 heterocycles. The van der Waals surface area contributed by atoms with E-state index in [2.05, 4.69) is 5.32 Å². The Balaban J connectivity index is 1.58. The molecule has 0 radical (unpaired) electrons. The van der Waals surface area contributed by atoms with Gasteiger partial charge in [0.25, 0.3) is 0 Å². The van der Waals surface area contributed by atoms with Crippen LogP contribution in [0.3, 0.4) is 0 Å². The second-order valence-electron chi connectivity index (χ2n) is 7.72. The number of carboxylic acids is 1. The number of aliphatic hydroxyl groups is 1. The van der Waals surface area contributed by atoms with Crippen molar-refractivity contribution in [1.29, 1.82) is 0 Å². The van der Waals surface area contributed by atoms with Gasteiger partial charge in [-0.05, 0) is 60.0 Å². The van der Waals surface area contributed by atoms with E-state index in [1.165, 1.54) is 36.4 Å². The summed E-state index contributed by atoms with van der Waals surface area (Å²) < 4.78 is 46.0. The first-order valence-electron chi connectivity index (χ1n) is 10.4. The van der Waals surface area contributed by atoms with E-state index in [9.17, 15) is 28.2 Å². The molecule has 0 aliphatic rings. The first-order valence-corrected chi connectivity index (χ1v) is 10.4. The fourth-order valence-corrected chi connectivity index (χ4v) is 3.42. The predicted molar refractivity (Wildman–Crippen MR) is 120 cm³/mol. The van der Waals surface area contributed by atoms with Gasteiger partial charge in [-0.15, -0.1) is 0 Å². The quantitative estimate of drug-likeness (QED) is 0.330. The Morgan fingerprint density at radius 3 is 2.26 bits per heavy atom. The molecule has 0 amide bonds. The Hall–Kier alpha value is -3.56. The van der Waals surface area contributed by atoms with E-state index in [-0.39, 0.29) is 29.5 Å². The second kappa shape index (κ2) is 10.6. The maximum atomic E-state index is 13.5. The third-order valence-electron chi connectivity index (χ3n) is 5.28. The summed E-state index contributed by atoms with van der Waals surface area (Å²) in [6, 6.07) is 14.9. The van der Waals surface area contributed by atoms with E-state index < -0.39 is 29.4 Å². The molecule has 3 aromatic rings. The summed E-state index contributed by atoms with van der Waals surface area (Å²) in [5, 5.41) is 31.8. The highest BCUT2D eigenvalue weighted by molar-refractivity contribution is 5.89. The zero-order valence-electron chi connectivity index (χ0n) is 18.2. The maximum Gasteiger partial charge on any atom is 0.417 e. The van der Waals surface area contributed by atoms with Gasteiger partial charge in [0, 0.05) is 12.6 Å². The molecule has 0 aromatic heterocycles. The fraction of sp³-hybridized carbons (Fsp3) is 0.240. The number of rotatable bonds is 9. The molecule has 0 saturated carbocycles. The number of carbonyl (C=O) groups is 1. The Kier molecular flexibility index (Phi) is 7.80. The van der Waals surface area contributed by atoms with Gasteiger partial charge in [-0.25, -0.2) is 4.79 Å². The number of carboxylic acid groups (broad SMARTS) is 1. The van der Waals surface area contributed by atoms with E-state index in [1.807, 2.05) is 0 Å². The van der Waals surface area contributed by atoms with Gasteiger partial charge in [-0.2, -0.15) is 13.2 Å². The molecule has 180 valence electrons. The summed E-state index contributed by atoms with van der Waals surface area (Å²) in [5.74, 6) is -0.866. The highest BCUT2D eigenvalue weighted by Gasteiger charge is 2.34. The van der Waals surface area contributed by atoms with Gasteiger partial charge in [0.15, 0.2) is 0 Å². The van der Waals surface area contributed by atoms with E-state index in [4.69, 9.17) is 9.84 Å². The molecule has 0 spiro atoms. The van der Waals surface area contributed by atoms with Crippen molar-refractivity contribution < 1.29 is 38.0 Å². The van der Waals surface area contributed by atoms with Gasteiger partial charge < -0.3 is 25.4 Å². The van der Waals surface area contributed by atoms with Crippen LogP contribution in [0.2, 0.25) is 0 Å². The monoisotopic (exact) mass is 475 g/mol. The van der Waals surface area contributed by atoms with Crippen molar-refractivity contribution in [2.24, 2.45) is 0 Å². The third kappa shape index (κ3) is 6.27. The molecule has 3 aromatic carbocycles. The number of phenolic OH excluding ortho intramolecular Hbond substituents is 1. The SMILES string of the molecule is C[C@@H](NCCOc1ccc(-c2ccc(C(=O)O)cc2C(F)(F)F)cc1)[C@H](O)c1ccc(O)cc1. The molecular formula is C25H24F3NO5. The molecular weight excluding hydrogens is 451 g/mol. The zero-order chi connectivity index (χ0) is 24.9. The lowest BCUT2D eigenvalue weighted by Gasteiger charge is -2.21. The maximum absolute atomic E-state index is 13.5. The first kappa shape index (κ1) is 25.1. The Morgan fingerprint density at radius 1 is 1.03 bits per heavy atom. The number of phenols is 1. The lowest BCUT2D eigenvalue weighted by Crippen LogP contribution is -2.35. The zero-order valence-corrected chi connectivity index (χ0v) is 18.2. The van der Waals surface area contributed by atoms with Crippen molar-refractivity contribution >= 4 is 5.97 Å². The van der Waals surface area contributed by atoms with Crippen LogP contribution in [0.15, 0.2) is 66.7 Å². The second-order valence-corrected chi connectivity index (χ2v) is 7.72. The largest absolute Gasteiger partial charge is 0.508 e. The molecule has 0 aliphatic heterocycles. The average molecular weight is 475 g/mol. The van der Waals surface area contributed by atoms with Crippen LogP contribution in [0.25, 0.3) is 11.1 Å². The lowest BCUT2D eigenvalue weighted by molar-refractivity contribution is -0.137. The minimum Gasteiger partial charge on any atom is -0.508 e. The topological polar surface area (TPSA) is 99.0 Å². The third-order valence-corrected chi connectivity index (χ3v) is 5.28. The molecule has 9 heteroatoms. The van der Waals surface area contributed by atoms with Crippen LogP contribution < -0.4 is 10.1 Å². The molecule has 6 nitrogen and oxygen atoms in total. The number of alkyl halides is 3. The average Bonchev–Trinajstić information content (AvgIpc) is 2.81. The molecule has 3 rings (SSSR count). The normalized spacial score (nSPS) is 13.3. The fourth-order valence-electron chi connectivity index (χ4n) is 3.42. The van der Waals surface area contributed by atoms with Crippen LogP contribution in [0.1, 0.15) is 34.5 Å². The molecule has 0 saturated heterocycles. The number of aromatic hydroxyl groups is 1. The molecule has 4 N–H and O–H groups in total. The summed E-state index contributed by atoms with van der Waals surface area (Å²) in [4.78, 5) is 11.0. The Bertz CT molecular complexity index is 1110. The van der Waals surface area contributed by atoms with Gasteiger partial charge in [0.1, 0.15) is 18.1 Å². The predicted octanol–water partition coefficient (Wildman–Crippen LogP) is 4.87. The van der Waals surface area contributed by atoms with Crippen molar-refractivity contribution in [3.63, 3.8) is 0 Å². The van der Waals surface area contributed by atoms with Crippen LogP contribution in [-0.4, -0.2) is 40.5 Å². The Labute approximate surface area is 194 Å². The highest BCUT2D eigenvalue weighted by atomic mass is 19.4. The lowest BCUT2D eigenvalue weighted by atomic mass is 9.97. The Morgan fingerprint density at radius 2 is 1.68 bits per heavy atom. The van der Waals surface area contributed by atoms with Crippen molar-refractivity contribution in [1.82, 2.24) is 5.32 Å². The minimum atomic E-state index is -4.71. The first-order chi connectivity index (χ1) is 16.1. The van der Waals surface area contributed by atoms with Crippen LogP contribution in [0.4, 0.5) is 13.2 Å². The molecule has 0 bridgehead atoms. The number of ether oxygens (including phenoxy) is 1. The molecule has 0 unspecified atom stereocenters. The van der Waals surface area contributed by atoms with Crippen LogP contribution in [-0.2, 0) is 6.18 Å². The molecule has 0 aliphatic carbocycles. The summed E-state index contributed by atoms with van der Waals surface area (Å²) >= 11 is 0. The molecule has 2 atom stereocenters. The van der Waals surface area contributed by atoms with Gasteiger partial charge >= 0.3 is 12.1 Å². The van der Waals surface area contributed by atoms with Gasteiger partial charge in [-0.1, -0.05) is 30.3 Å². The molecule has 0 fully saturated rings. The van der Waals surface area contributed by atoms with E-state index >= 15 is 0 Å². The van der Waals surface area contributed by atoms with Gasteiger partial charge in [-0.3, -0.25) is 0 Å². The number of nitrogens with one attached hydrogen (secondary N) is 1. The molecule has 34 heavy (non-hydrogen) atoms. The van der Waals surface area contributed by atoms with Gasteiger partial charge in [0.05, 0.1) is 17.2 Å². The van der Waals surface area contributed by atoms with E-state index in [0.29, 0.717) is 23.9 Å². The van der Waals surface area contributed by atoms with Gasteiger partial charge in [0.2, 0.25) is 0 Å². The standard InChI is InChI=1S/C25H24F3NO5/c1-15(23(31)17-2-7-19(30)8-3-17)29-12-13-34-20-9-4-16(5-10-20)21-11-6-18(24(32)33)14-22(21)25(26,27)28/h2-11,14-15,23,29-31H,12-13H2,1H3,(H,32,33)/t15-,23+/m1/s1. The smallest absolute Gasteiger partial charge is 0.417 e. The number of halogens is 3. The van der Waals surface area contributed by atoms with Crippen molar-refractivity contribution in [3.8, 4) is 22.6 Å². The van der Waals surface area contributed by atoms with E-state index in [0.717, 1.165) is 12.1 Å². The number of aliphatic hydroxyl groups excluding tert-OH is 1. The number of hydrogen-bond donors (Lipinski definition) is 4. The number of aromatic carboxylic acids is 1. The van der Waals surface area contributed by atoms with Crippen LogP contribution in [0.5, 0.6) is 11.5 Å². The van der Waals surface area contributed by atoms with Crippen molar-refractivity contribution in [2.75, 3.05) is 13.2 Å². The van der Waals surface area contributed by atoms with E-state index in [1.54, 1.807) is 19.1 Å². The summed E-state index contributed by atoms with van der Waals surface area (Å²) in [7, 11) is 0. The summed E-state index contributed by atoms with van der Waals surface area (Å²) in [6.07, 6.45) is -5.49. The summed E-state index contributed by atoms with van der Waals surface area (Å²) in [5.41, 5.74) is -0.646.